The molecule has 0 aliphatic carbocycles. The number of sulfonamides is 1. The number of halogens is 1. The number of ether oxygens (including phenoxy) is 1. The van der Waals surface area contributed by atoms with Gasteiger partial charge in [-0.3, -0.25) is 9.10 Å². The fraction of sp³-hybridized carbons (Fsp3) is 0.259. The number of aliphatic carboxylic acids is 1. The number of rotatable bonds is 7. The minimum Gasteiger partial charge on any atom is -0.496 e. The predicted octanol–water partition coefficient (Wildman–Crippen LogP) is 4.84. The van der Waals surface area contributed by atoms with Crippen LogP contribution in [0.1, 0.15) is 34.8 Å². The summed E-state index contributed by atoms with van der Waals surface area (Å²) in [5, 5.41) is 10.3. The Kier molecular flexibility index (Phi) is 7.47. The van der Waals surface area contributed by atoms with Gasteiger partial charge in [0.25, 0.3) is 5.91 Å². The summed E-state index contributed by atoms with van der Waals surface area (Å²) in [6.07, 6.45) is 1.95. The summed E-state index contributed by atoms with van der Waals surface area (Å²) in [5.74, 6) is -0.974. The molecule has 1 aliphatic rings. The van der Waals surface area contributed by atoms with Crippen LogP contribution in [0, 0.1) is 0 Å². The molecule has 2 atom stereocenters. The van der Waals surface area contributed by atoms with Crippen molar-refractivity contribution in [3.8, 4) is 16.9 Å². The number of anilines is 1. The Labute approximate surface area is 221 Å². The minimum atomic E-state index is -3.43. The average Bonchev–Trinajstić information content (AvgIpc) is 3.32. The number of carbonyl (C=O) groups excluding carboxylic acids is 1. The monoisotopic (exact) mass is 542 g/mol. The maximum atomic E-state index is 13.6. The lowest BCUT2D eigenvalue weighted by Gasteiger charge is -2.29. The van der Waals surface area contributed by atoms with Gasteiger partial charge in [0.2, 0.25) is 10.0 Å². The van der Waals surface area contributed by atoms with Crippen molar-refractivity contribution in [3.63, 3.8) is 0 Å². The van der Waals surface area contributed by atoms with Crippen LogP contribution in [0.25, 0.3) is 11.1 Å². The molecule has 3 aromatic carbocycles. The third-order valence-corrected chi connectivity index (χ3v) is 8.21. The van der Waals surface area contributed by atoms with Crippen LogP contribution in [-0.2, 0) is 14.8 Å². The van der Waals surface area contributed by atoms with E-state index in [1.54, 1.807) is 54.6 Å². The Balaban J connectivity index is 1.65. The summed E-state index contributed by atoms with van der Waals surface area (Å²) in [4.78, 5) is 27.0. The summed E-state index contributed by atoms with van der Waals surface area (Å²) in [5.41, 5.74) is 2.99. The third kappa shape index (κ3) is 5.28. The number of carboxylic acids is 1. The van der Waals surface area contributed by atoms with Crippen molar-refractivity contribution in [2.45, 2.75) is 24.9 Å². The van der Waals surface area contributed by atoms with E-state index in [1.807, 2.05) is 12.1 Å². The lowest BCUT2D eigenvalue weighted by molar-refractivity contribution is -0.141. The van der Waals surface area contributed by atoms with Gasteiger partial charge < -0.3 is 14.7 Å². The van der Waals surface area contributed by atoms with Crippen LogP contribution in [0.4, 0.5) is 5.69 Å². The van der Waals surface area contributed by atoms with E-state index in [0.717, 1.165) is 21.7 Å². The second kappa shape index (κ2) is 10.4. The molecular formula is C27H27ClN2O6S. The highest BCUT2D eigenvalue weighted by Crippen LogP contribution is 2.40. The molecule has 3 aromatic rings. The fourth-order valence-electron chi connectivity index (χ4n) is 4.63. The molecule has 1 heterocycles. The second-order valence-corrected chi connectivity index (χ2v) is 11.3. The number of nitrogens with zero attached hydrogens (tertiary/aromatic N) is 2. The Morgan fingerprint density at radius 1 is 1.05 bits per heavy atom. The highest BCUT2D eigenvalue weighted by molar-refractivity contribution is 7.92. The summed E-state index contributed by atoms with van der Waals surface area (Å²) >= 11 is 6.39. The zero-order valence-corrected chi connectivity index (χ0v) is 22.2. The summed E-state index contributed by atoms with van der Waals surface area (Å²) in [6.45, 7) is 0. The normalized spacial score (nSPS) is 17.5. The smallest absolute Gasteiger partial charge is 0.326 e. The van der Waals surface area contributed by atoms with Gasteiger partial charge in [-0.1, -0.05) is 41.9 Å². The molecule has 0 radical (unpaired) electrons. The van der Waals surface area contributed by atoms with Crippen LogP contribution in [0.5, 0.6) is 5.75 Å². The number of amides is 1. The van der Waals surface area contributed by atoms with E-state index in [-0.39, 0.29) is 0 Å². The van der Waals surface area contributed by atoms with E-state index in [4.69, 9.17) is 16.3 Å². The molecule has 1 saturated heterocycles. The van der Waals surface area contributed by atoms with Gasteiger partial charge in [-0.05, 0) is 54.3 Å². The third-order valence-electron chi connectivity index (χ3n) is 6.66. The van der Waals surface area contributed by atoms with Gasteiger partial charge in [0.1, 0.15) is 11.8 Å². The molecule has 37 heavy (non-hydrogen) atoms. The number of methoxy groups -OCH3 is 1. The molecule has 4 rings (SSSR count). The van der Waals surface area contributed by atoms with Gasteiger partial charge in [0.05, 0.1) is 25.1 Å². The number of carbonyl (C=O) groups is 2. The molecule has 0 unspecified atom stereocenters. The van der Waals surface area contributed by atoms with Crippen molar-refractivity contribution in [2.24, 2.45) is 0 Å². The van der Waals surface area contributed by atoms with Crippen LogP contribution in [0.15, 0.2) is 66.7 Å². The van der Waals surface area contributed by atoms with E-state index in [9.17, 15) is 23.1 Å². The maximum absolute atomic E-state index is 13.6. The molecule has 0 saturated carbocycles. The van der Waals surface area contributed by atoms with Crippen LogP contribution in [-0.4, -0.2) is 56.8 Å². The molecule has 0 spiro atoms. The zero-order valence-electron chi connectivity index (χ0n) is 20.6. The zero-order chi connectivity index (χ0) is 26.9. The van der Waals surface area contributed by atoms with E-state index < -0.39 is 34.0 Å². The summed E-state index contributed by atoms with van der Waals surface area (Å²) in [7, 11) is -0.478. The Bertz CT molecular complexity index is 1440. The predicted molar refractivity (Wildman–Crippen MR) is 143 cm³/mol. The van der Waals surface area contributed by atoms with Gasteiger partial charge in [0.15, 0.2) is 0 Å². The lowest BCUT2D eigenvalue weighted by Crippen LogP contribution is -2.41. The Morgan fingerprint density at radius 2 is 1.73 bits per heavy atom. The summed E-state index contributed by atoms with van der Waals surface area (Å²) < 4.78 is 30.5. The first-order valence-electron chi connectivity index (χ1n) is 11.5. The molecule has 1 fully saturated rings. The molecular weight excluding hydrogens is 516 g/mol. The molecule has 194 valence electrons. The second-order valence-electron chi connectivity index (χ2n) is 8.87. The molecule has 0 aromatic heterocycles. The van der Waals surface area contributed by atoms with Crippen LogP contribution >= 0.6 is 11.6 Å². The minimum absolute atomic E-state index is 0.334. The molecule has 0 bridgehead atoms. The standard InChI is InChI=1S/C27H27ClN2O6S/c1-29(37(3,34)35)19-12-13-20(25(16-19)36-2)17-8-10-18(11-9-17)26(31)30-23(14-15-24(30)27(32)33)21-6-4-5-7-22(21)28/h4-13,16,23-24H,14-15H2,1-3H3,(H,32,33)/t23-,24+/m1/s1. The fourth-order valence-corrected chi connectivity index (χ4v) is 5.39. The number of likely N-dealkylation sites (tertiary alicyclic amines) is 1. The summed E-state index contributed by atoms with van der Waals surface area (Å²) in [6, 6.07) is 17.6. The number of carboxylic acid groups (broad SMARTS) is 1. The van der Waals surface area contributed by atoms with Crippen molar-refractivity contribution in [3.05, 3.63) is 82.9 Å². The number of hydrogen-bond acceptors (Lipinski definition) is 5. The van der Waals surface area contributed by atoms with Gasteiger partial charge in [-0.15, -0.1) is 0 Å². The van der Waals surface area contributed by atoms with Gasteiger partial charge in [-0.2, -0.15) is 0 Å². The highest BCUT2D eigenvalue weighted by Gasteiger charge is 2.42. The average molecular weight is 543 g/mol. The SMILES string of the molecule is COc1cc(N(C)S(C)(=O)=O)ccc1-c1ccc(C(=O)N2[C@@H](c3ccccc3Cl)CC[C@H]2C(=O)O)cc1. The Hall–Kier alpha value is -3.56. The van der Waals surface area contributed by atoms with E-state index >= 15 is 0 Å². The molecule has 1 N–H and O–H groups in total. The topological polar surface area (TPSA) is 104 Å². The van der Waals surface area contributed by atoms with Crippen LogP contribution < -0.4 is 9.04 Å². The lowest BCUT2D eigenvalue weighted by atomic mass is 10.0. The van der Waals surface area contributed by atoms with Crippen molar-refractivity contribution < 1.29 is 27.9 Å². The molecule has 10 heteroatoms. The van der Waals surface area contributed by atoms with Gasteiger partial charge in [-0.25, -0.2) is 13.2 Å². The van der Waals surface area contributed by atoms with Crippen LogP contribution in [0.2, 0.25) is 5.02 Å². The van der Waals surface area contributed by atoms with Gasteiger partial charge >= 0.3 is 5.97 Å². The van der Waals surface area contributed by atoms with Crippen molar-refractivity contribution in [1.29, 1.82) is 0 Å². The quantitative estimate of drug-likeness (QED) is 0.458. The molecule has 1 amide bonds. The Morgan fingerprint density at radius 3 is 2.32 bits per heavy atom. The van der Waals surface area contributed by atoms with Gasteiger partial charge in [0, 0.05) is 29.3 Å². The first-order valence-corrected chi connectivity index (χ1v) is 13.8. The first-order chi connectivity index (χ1) is 17.5. The molecule has 8 nitrogen and oxygen atoms in total. The van der Waals surface area contributed by atoms with E-state index in [1.165, 1.54) is 19.1 Å². The van der Waals surface area contributed by atoms with Crippen molar-refractivity contribution in [1.82, 2.24) is 4.90 Å². The van der Waals surface area contributed by atoms with Crippen molar-refractivity contribution >= 4 is 39.2 Å². The first kappa shape index (κ1) is 26.5. The van der Waals surface area contributed by atoms with Crippen LogP contribution in [0.3, 0.4) is 0 Å². The largest absolute Gasteiger partial charge is 0.496 e. The number of hydrogen-bond donors (Lipinski definition) is 1. The van der Waals surface area contributed by atoms with E-state index in [2.05, 4.69) is 0 Å². The van der Waals surface area contributed by atoms with E-state index in [0.29, 0.717) is 40.4 Å². The van der Waals surface area contributed by atoms with Crippen molar-refractivity contribution in [2.75, 3.05) is 24.7 Å². The maximum Gasteiger partial charge on any atom is 0.326 e. The highest BCUT2D eigenvalue weighted by atomic mass is 35.5. The molecule has 1 aliphatic heterocycles. The number of benzene rings is 3.